The Morgan fingerprint density at radius 2 is 1.61 bits per heavy atom. The smallest absolute Gasteiger partial charge is 0.410 e. The van der Waals surface area contributed by atoms with Crippen LogP contribution in [0.3, 0.4) is 0 Å². The molecule has 0 aromatic heterocycles. The van der Waals surface area contributed by atoms with Gasteiger partial charge in [-0.15, -0.1) is 0 Å². The minimum Gasteiger partial charge on any atom is -0.444 e. The molecule has 0 radical (unpaired) electrons. The maximum atomic E-state index is 13.3. The Morgan fingerprint density at radius 1 is 1.06 bits per heavy atom. The zero-order valence-electron chi connectivity index (χ0n) is 19.9. The van der Waals surface area contributed by atoms with Crippen LogP contribution in [0.15, 0.2) is 23.1 Å². The molecule has 33 heavy (non-hydrogen) atoms. The largest absolute Gasteiger partial charge is 0.444 e. The van der Waals surface area contributed by atoms with Crippen LogP contribution in [-0.4, -0.2) is 55.5 Å². The van der Waals surface area contributed by atoms with Crippen LogP contribution in [0.1, 0.15) is 65.7 Å². The summed E-state index contributed by atoms with van der Waals surface area (Å²) in [6.45, 7) is 8.09. The van der Waals surface area contributed by atoms with Gasteiger partial charge in [-0.1, -0.05) is 30.9 Å². The van der Waals surface area contributed by atoms with Crippen molar-refractivity contribution in [2.75, 3.05) is 26.2 Å². The Hall–Kier alpha value is -1.38. The fourth-order valence-electron chi connectivity index (χ4n) is 4.69. The van der Waals surface area contributed by atoms with Crippen LogP contribution in [0.4, 0.5) is 9.18 Å². The summed E-state index contributed by atoms with van der Waals surface area (Å²) in [6, 6.07) is 3.41. The Labute approximate surface area is 202 Å². The summed E-state index contributed by atoms with van der Waals surface area (Å²) in [5.41, 5.74) is -0.464. The molecule has 2 aliphatic heterocycles. The zero-order chi connectivity index (χ0) is 24.2. The van der Waals surface area contributed by atoms with Crippen LogP contribution < -0.4 is 0 Å². The maximum Gasteiger partial charge on any atom is 0.410 e. The first-order valence-corrected chi connectivity index (χ1v) is 13.7. The molecule has 2 fully saturated rings. The minimum absolute atomic E-state index is 0.0262. The van der Waals surface area contributed by atoms with E-state index in [1.807, 2.05) is 25.7 Å². The van der Waals surface area contributed by atoms with Crippen LogP contribution in [0, 0.1) is 17.7 Å². The highest BCUT2D eigenvalue weighted by Gasteiger charge is 2.31. The van der Waals surface area contributed by atoms with E-state index in [1.54, 1.807) is 0 Å². The van der Waals surface area contributed by atoms with Crippen LogP contribution in [0.2, 0.25) is 5.02 Å². The molecule has 1 aromatic rings. The lowest BCUT2D eigenvalue weighted by molar-refractivity contribution is 0.0180. The number of hydrogen-bond acceptors (Lipinski definition) is 4. The van der Waals surface area contributed by atoms with Gasteiger partial charge < -0.3 is 9.64 Å². The molecule has 0 N–H and O–H groups in total. The molecule has 0 atom stereocenters. The van der Waals surface area contributed by atoms with E-state index >= 15 is 0 Å². The lowest BCUT2D eigenvalue weighted by Crippen LogP contribution is -2.41. The number of amides is 1. The van der Waals surface area contributed by atoms with Crippen molar-refractivity contribution in [3.63, 3.8) is 0 Å². The van der Waals surface area contributed by atoms with E-state index in [2.05, 4.69) is 0 Å². The molecule has 0 saturated carbocycles. The summed E-state index contributed by atoms with van der Waals surface area (Å²) in [5, 5.41) is -0.0742. The van der Waals surface area contributed by atoms with Gasteiger partial charge in [0.15, 0.2) is 0 Å². The monoisotopic (exact) mass is 502 g/mol. The zero-order valence-corrected chi connectivity index (χ0v) is 21.4. The van der Waals surface area contributed by atoms with Crippen molar-refractivity contribution in [3.05, 3.63) is 29.0 Å². The number of halogens is 2. The van der Waals surface area contributed by atoms with Gasteiger partial charge in [0.25, 0.3) is 0 Å². The van der Waals surface area contributed by atoms with Crippen LogP contribution in [-0.2, 0) is 14.8 Å². The van der Waals surface area contributed by atoms with E-state index in [0.717, 1.165) is 70.2 Å². The number of piperidine rings is 2. The Balaban J connectivity index is 1.37. The van der Waals surface area contributed by atoms with Gasteiger partial charge in [-0.25, -0.2) is 17.6 Å². The molecule has 2 aliphatic rings. The summed E-state index contributed by atoms with van der Waals surface area (Å²) in [4.78, 5) is 14.0. The second-order valence-corrected chi connectivity index (χ2v) is 12.6. The van der Waals surface area contributed by atoms with E-state index in [4.69, 9.17) is 16.3 Å². The Morgan fingerprint density at radius 3 is 2.12 bits per heavy atom. The summed E-state index contributed by atoms with van der Waals surface area (Å²) >= 11 is 5.98. The highest BCUT2D eigenvalue weighted by molar-refractivity contribution is 7.89. The fraction of sp³-hybridized carbons (Fsp3) is 0.708. The molecule has 3 rings (SSSR count). The van der Waals surface area contributed by atoms with E-state index in [9.17, 15) is 17.6 Å². The lowest BCUT2D eigenvalue weighted by atomic mass is 9.87. The van der Waals surface area contributed by atoms with Gasteiger partial charge in [0.2, 0.25) is 10.0 Å². The molecule has 2 saturated heterocycles. The summed E-state index contributed by atoms with van der Waals surface area (Å²) < 4.78 is 46.0. The van der Waals surface area contributed by atoms with Crippen molar-refractivity contribution in [1.82, 2.24) is 9.21 Å². The first kappa shape index (κ1) is 26.2. The molecule has 9 heteroatoms. The van der Waals surface area contributed by atoms with Crippen molar-refractivity contribution in [1.29, 1.82) is 0 Å². The van der Waals surface area contributed by atoms with Gasteiger partial charge in [0.05, 0.1) is 5.02 Å². The van der Waals surface area contributed by atoms with E-state index in [0.29, 0.717) is 24.9 Å². The second-order valence-electron chi connectivity index (χ2n) is 10.3. The van der Waals surface area contributed by atoms with Crippen LogP contribution in [0.5, 0.6) is 0 Å². The van der Waals surface area contributed by atoms with Crippen molar-refractivity contribution >= 4 is 27.7 Å². The van der Waals surface area contributed by atoms with Crippen molar-refractivity contribution in [2.24, 2.45) is 11.8 Å². The molecule has 1 amide bonds. The third-order valence-corrected chi connectivity index (χ3v) is 8.96. The standard InChI is InChI=1S/C24H36ClFN2O4S/c1-24(2,3)32-23(29)27-13-9-18(10-14-27)5-4-6-19-11-15-28(16-12-19)33(30,31)22-8-7-20(26)17-21(22)25/h7-8,17-19H,4-6,9-16H2,1-3H3. The average Bonchev–Trinajstić information content (AvgIpc) is 2.73. The molecule has 0 bridgehead atoms. The van der Waals surface area contributed by atoms with E-state index in [-0.39, 0.29) is 16.0 Å². The molecular weight excluding hydrogens is 467 g/mol. The molecule has 1 aromatic carbocycles. The lowest BCUT2D eigenvalue weighted by Gasteiger charge is -2.34. The number of carbonyl (C=O) groups is 1. The molecule has 2 heterocycles. The van der Waals surface area contributed by atoms with Gasteiger partial charge in [-0.05, 0) is 76.5 Å². The Kier molecular flexibility index (Phi) is 8.67. The first-order chi connectivity index (χ1) is 15.5. The number of ether oxygens (including phenoxy) is 1. The highest BCUT2D eigenvalue weighted by Crippen LogP contribution is 2.31. The summed E-state index contributed by atoms with van der Waals surface area (Å²) in [5.74, 6) is 0.597. The molecule has 0 spiro atoms. The first-order valence-electron chi connectivity index (χ1n) is 11.9. The van der Waals surface area contributed by atoms with Crippen molar-refractivity contribution < 1.29 is 22.3 Å². The van der Waals surface area contributed by atoms with Gasteiger partial charge in [0.1, 0.15) is 16.3 Å². The molecule has 6 nitrogen and oxygen atoms in total. The molecule has 186 valence electrons. The van der Waals surface area contributed by atoms with Gasteiger partial charge in [-0.2, -0.15) is 4.31 Å². The number of rotatable bonds is 6. The highest BCUT2D eigenvalue weighted by atomic mass is 35.5. The average molecular weight is 503 g/mol. The van der Waals surface area contributed by atoms with Crippen molar-refractivity contribution in [2.45, 2.75) is 76.2 Å². The topological polar surface area (TPSA) is 66.9 Å². The SMILES string of the molecule is CC(C)(C)OC(=O)N1CCC(CCCC2CCN(S(=O)(=O)c3ccc(F)cc3Cl)CC2)CC1. The fourth-order valence-corrected chi connectivity index (χ4v) is 6.66. The van der Waals surface area contributed by atoms with Crippen molar-refractivity contribution in [3.8, 4) is 0 Å². The summed E-state index contributed by atoms with van der Waals surface area (Å²) in [7, 11) is -3.70. The number of benzene rings is 1. The van der Waals surface area contributed by atoms with E-state index in [1.165, 1.54) is 10.4 Å². The normalized spacial score (nSPS) is 19.6. The Bertz CT molecular complexity index is 919. The quantitative estimate of drug-likeness (QED) is 0.500. The number of sulfonamides is 1. The minimum atomic E-state index is -3.70. The number of likely N-dealkylation sites (tertiary alicyclic amines) is 1. The number of nitrogens with zero attached hydrogens (tertiary/aromatic N) is 2. The number of carbonyl (C=O) groups excluding carboxylic acids is 1. The second kappa shape index (κ2) is 10.9. The van der Waals surface area contributed by atoms with E-state index < -0.39 is 21.4 Å². The predicted molar refractivity (Wildman–Crippen MR) is 127 cm³/mol. The van der Waals surface area contributed by atoms with Crippen LogP contribution in [0.25, 0.3) is 0 Å². The molecular formula is C24H36ClFN2O4S. The molecule has 0 aliphatic carbocycles. The number of hydrogen-bond donors (Lipinski definition) is 0. The van der Waals surface area contributed by atoms with Gasteiger partial charge in [-0.3, -0.25) is 0 Å². The van der Waals surface area contributed by atoms with Crippen LogP contribution >= 0.6 is 11.6 Å². The third kappa shape index (κ3) is 7.30. The molecule has 0 unspecified atom stereocenters. The summed E-state index contributed by atoms with van der Waals surface area (Å²) in [6.07, 6.45) is 6.82. The van der Waals surface area contributed by atoms with Gasteiger partial charge in [0, 0.05) is 26.2 Å². The predicted octanol–water partition coefficient (Wildman–Crippen LogP) is 5.70. The third-order valence-electron chi connectivity index (χ3n) is 6.58. The van der Waals surface area contributed by atoms with Gasteiger partial charge >= 0.3 is 6.09 Å². The maximum absolute atomic E-state index is 13.3.